The number of nitrogens with zero attached hydrogens (tertiary/aromatic N) is 1. The van der Waals surface area contributed by atoms with Gasteiger partial charge in [-0.3, -0.25) is 4.79 Å². The molecule has 2 N–H and O–H groups in total. The number of amides is 1. The van der Waals surface area contributed by atoms with Gasteiger partial charge in [0, 0.05) is 19.0 Å². The molecule has 1 amide bonds. The summed E-state index contributed by atoms with van der Waals surface area (Å²) in [6, 6.07) is 1.30. The number of nitrogens with two attached hydrogens (primary N) is 1. The third-order valence-corrected chi connectivity index (χ3v) is 4.98. The number of carbonyl (C=O) groups is 1. The van der Waals surface area contributed by atoms with Gasteiger partial charge in [0.2, 0.25) is 10.0 Å². The van der Waals surface area contributed by atoms with Crippen LogP contribution in [0.4, 0.5) is 0 Å². The number of hydrogen-bond donors (Lipinski definition) is 1. The van der Waals surface area contributed by atoms with Gasteiger partial charge in [0.15, 0.2) is 0 Å². The minimum absolute atomic E-state index is 0.116. The molecule has 5 nitrogen and oxygen atoms in total. The van der Waals surface area contributed by atoms with Crippen LogP contribution in [0.2, 0.25) is 0 Å². The zero-order valence-corrected chi connectivity index (χ0v) is 10.1. The van der Waals surface area contributed by atoms with Gasteiger partial charge >= 0.3 is 0 Å². The van der Waals surface area contributed by atoms with Gasteiger partial charge in [-0.25, -0.2) is 12.7 Å². The Morgan fingerprint density at radius 2 is 2.20 bits per heavy atom. The molecule has 7 heteroatoms. The molecular weight excluding hydrogens is 236 g/mol. The summed E-state index contributed by atoms with van der Waals surface area (Å²) >= 11 is 1.03. The number of carbonyl (C=O) groups excluding carboxylic acids is 1. The van der Waals surface area contributed by atoms with E-state index >= 15 is 0 Å². The Labute approximate surface area is 92.6 Å². The van der Waals surface area contributed by atoms with Crippen LogP contribution in [0, 0.1) is 0 Å². The summed E-state index contributed by atoms with van der Waals surface area (Å²) in [7, 11) is -1.98. The lowest BCUT2D eigenvalue weighted by Gasteiger charge is -2.12. The van der Waals surface area contributed by atoms with Crippen molar-refractivity contribution in [3.05, 3.63) is 16.3 Å². The molecule has 0 fully saturated rings. The minimum atomic E-state index is -3.47. The van der Waals surface area contributed by atoms with E-state index in [1.54, 1.807) is 6.92 Å². The molecule has 0 aliphatic rings. The third kappa shape index (κ3) is 2.36. The van der Waals surface area contributed by atoms with Crippen molar-refractivity contribution < 1.29 is 13.2 Å². The van der Waals surface area contributed by atoms with Gasteiger partial charge in [-0.15, -0.1) is 11.3 Å². The van der Waals surface area contributed by atoms with Crippen LogP contribution >= 0.6 is 11.3 Å². The molecule has 0 aliphatic carbocycles. The van der Waals surface area contributed by atoms with Crippen LogP contribution in [0.15, 0.2) is 16.3 Å². The van der Waals surface area contributed by atoms with E-state index < -0.39 is 15.9 Å². The summed E-state index contributed by atoms with van der Waals surface area (Å²) in [4.78, 5) is 11.2. The van der Waals surface area contributed by atoms with Crippen molar-refractivity contribution in [1.82, 2.24) is 4.31 Å². The largest absolute Gasteiger partial charge is 0.365 e. The molecule has 1 aromatic rings. The molecule has 84 valence electrons. The summed E-state index contributed by atoms with van der Waals surface area (Å²) < 4.78 is 24.8. The topological polar surface area (TPSA) is 80.5 Å². The van der Waals surface area contributed by atoms with Crippen LogP contribution in [0.1, 0.15) is 16.6 Å². The van der Waals surface area contributed by atoms with Gasteiger partial charge in [-0.05, 0) is 6.07 Å². The quantitative estimate of drug-likeness (QED) is 0.842. The molecule has 0 bridgehead atoms. The van der Waals surface area contributed by atoms with Crippen LogP contribution in [0.3, 0.4) is 0 Å². The van der Waals surface area contributed by atoms with Gasteiger partial charge in [0.25, 0.3) is 5.91 Å². The molecule has 0 aliphatic heterocycles. The molecular formula is C8H12N2O3S2. The number of sulfonamides is 1. The lowest BCUT2D eigenvalue weighted by molar-refractivity contribution is 0.100. The highest BCUT2D eigenvalue weighted by Gasteiger charge is 2.21. The minimum Gasteiger partial charge on any atom is -0.365 e. The van der Waals surface area contributed by atoms with E-state index in [0.29, 0.717) is 6.54 Å². The van der Waals surface area contributed by atoms with Crippen molar-refractivity contribution in [3.63, 3.8) is 0 Å². The molecule has 0 aromatic carbocycles. The average molecular weight is 248 g/mol. The molecule has 0 saturated carbocycles. The maximum atomic E-state index is 11.8. The maximum absolute atomic E-state index is 11.8. The lowest BCUT2D eigenvalue weighted by Crippen LogP contribution is -2.26. The molecule has 1 aromatic heterocycles. The van der Waals surface area contributed by atoms with Crippen molar-refractivity contribution in [3.8, 4) is 0 Å². The Hall–Kier alpha value is -0.920. The SMILES string of the molecule is CCN(C)S(=O)(=O)c1csc(C(N)=O)c1. The first-order valence-corrected chi connectivity index (χ1v) is 6.56. The maximum Gasteiger partial charge on any atom is 0.258 e. The highest BCUT2D eigenvalue weighted by atomic mass is 32.2. The van der Waals surface area contributed by atoms with Crippen LogP contribution in [0.5, 0.6) is 0 Å². The summed E-state index contributed by atoms with van der Waals surface area (Å²) in [5, 5.41) is 1.42. The Bertz CT molecular complexity index is 464. The van der Waals surface area contributed by atoms with Crippen LogP contribution in [0.25, 0.3) is 0 Å². The van der Waals surface area contributed by atoms with Crippen molar-refractivity contribution in [2.45, 2.75) is 11.8 Å². The number of primary amides is 1. The fraction of sp³-hybridized carbons (Fsp3) is 0.375. The monoisotopic (exact) mass is 248 g/mol. The normalized spacial score (nSPS) is 11.9. The predicted octanol–water partition coefficient (Wildman–Crippen LogP) is 0.487. The second kappa shape index (κ2) is 4.30. The Balaban J connectivity index is 3.12. The van der Waals surface area contributed by atoms with Gasteiger partial charge in [0.1, 0.15) is 0 Å². The summed E-state index contributed by atoms with van der Waals surface area (Å²) in [5.74, 6) is -0.611. The zero-order valence-electron chi connectivity index (χ0n) is 8.43. The summed E-state index contributed by atoms with van der Waals surface area (Å²) in [5.41, 5.74) is 5.04. The fourth-order valence-corrected chi connectivity index (χ4v) is 3.23. The highest BCUT2D eigenvalue weighted by Crippen LogP contribution is 2.21. The first-order valence-electron chi connectivity index (χ1n) is 4.24. The van der Waals surface area contributed by atoms with E-state index in [0.717, 1.165) is 11.3 Å². The molecule has 0 radical (unpaired) electrons. The Morgan fingerprint density at radius 1 is 1.60 bits per heavy atom. The first-order chi connectivity index (χ1) is 6.89. The summed E-state index contributed by atoms with van der Waals surface area (Å²) in [6.45, 7) is 2.11. The molecule has 0 unspecified atom stereocenters. The second-order valence-corrected chi connectivity index (χ2v) is 5.89. The highest BCUT2D eigenvalue weighted by molar-refractivity contribution is 7.89. The molecule has 0 atom stereocenters. The van der Waals surface area contributed by atoms with Crippen molar-refractivity contribution in [2.24, 2.45) is 5.73 Å². The van der Waals surface area contributed by atoms with Crippen molar-refractivity contribution >= 4 is 27.3 Å². The van der Waals surface area contributed by atoms with Gasteiger partial charge < -0.3 is 5.73 Å². The van der Waals surface area contributed by atoms with Crippen molar-refractivity contribution in [1.29, 1.82) is 0 Å². The standard InChI is InChI=1S/C8H12N2O3S2/c1-3-10(2)15(12,13)6-4-7(8(9)11)14-5-6/h4-5H,3H2,1-2H3,(H2,9,11). The number of hydrogen-bond acceptors (Lipinski definition) is 4. The van der Waals surface area contributed by atoms with Crippen molar-refractivity contribution in [2.75, 3.05) is 13.6 Å². The number of rotatable bonds is 4. The van der Waals surface area contributed by atoms with E-state index in [-0.39, 0.29) is 9.77 Å². The molecule has 0 spiro atoms. The first kappa shape index (κ1) is 12.2. The molecule has 1 heterocycles. The Kier molecular flexibility index (Phi) is 3.48. The number of thiophene rings is 1. The van der Waals surface area contributed by atoms with E-state index in [1.165, 1.54) is 22.8 Å². The lowest BCUT2D eigenvalue weighted by atomic mass is 10.5. The van der Waals surface area contributed by atoms with Gasteiger partial charge in [-0.2, -0.15) is 0 Å². The van der Waals surface area contributed by atoms with E-state index in [2.05, 4.69) is 0 Å². The Morgan fingerprint density at radius 3 is 2.60 bits per heavy atom. The van der Waals surface area contributed by atoms with E-state index in [9.17, 15) is 13.2 Å². The summed E-state index contributed by atoms with van der Waals surface area (Å²) in [6.07, 6.45) is 0. The smallest absolute Gasteiger partial charge is 0.258 e. The van der Waals surface area contributed by atoms with E-state index in [4.69, 9.17) is 5.73 Å². The van der Waals surface area contributed by atoms with Gasteiger partial charge in [0.05, 0.1) is 9.77 Å². The predicted molar refractivity (Wildman–Crippen MR) is 58.3 cm³/mol. The third-order valence-electron chi connectivity index (χ3n) is 1.97. The average Bonchev–Trinajstić information content (AvgIpc) is 2.65. The molecule has 15 heavy (non-hydrogen) atoms. The second-order valence-electron chi connectivity index (χ2n) is 2.93. The van der Waals surface area contributed by atoms with E-state index in [1.807, 2.05) is 0 Å². The fourth-order valence-electron chi connectivity index (χ4n) is 0.933. The van der Waals surface area contributed by atoms with Crippen LogP contribution in [-0.2, 0) is 10.0 Å². The van der Waals surface area contributed by atoms with Crippen LogP contribution < -0.4 is 5.73 Å². The van der Waals surface area contributed by atoms with Gasteiger partial charge in [-0.1, -0.05) is 6.92 Å². The molecule has 1 rings (SSSR count). The van der Waals surface area contributed by atoms with Crippen LogP contribution in [-0.4, -0.2) is 32.2 Å². The molecule has 0 saturated heterocycles. The zero-order chi connectivity index (χ0) is 11.6.